The fourth-order valence-corrected chi connectivity index (χ4v) is 14.3. The van der Waals surface area contributed by atoms with E-state index >= 15 is 0 Å². The van der Waals surface area contributed by atoms with Crippen molar-refractivity contribution < 1.29 is 86.5 Å². The van der Waals surface area contributed by atoms with Crippen LogP contribution in [0, 0.1) is 28.6 Å². The Morgan fingerprint density at radius 1 is 0.676 bits per heavy atom. The fourth-order valence-electron chi connectivity index (χ4n) is 14.3. The van der Waals surface area contributed by atoms with Gasteiger partial charge >= 0.3 is 5.97 Å². The highest BCUT2D eigenvalue weighted by molar-refractivity contribution is 5.88. The molecule has 8 aliphatic rings. The Labute approximate surface area is 419 Å². The predicted molar refractivity (Wildman–Crippen MR) is 253 cm³/mol. The molecule has 0 aromatic rings. The lowest BCUT2D eigenvalue weighted by Crippen LogP contribution is -2.66. The molecule has 0 radical (unpaired) electrons. The van der Waals surface area contributed by atoms with E-state index in [1.54, 1.807) is 41.1 Å². The first-order valence-corrected chi connectivity index (χ1v) is 26.1. The van der Waals surface area contributed by atoms with E-state index in [9.17, 15) is 24.9 Å². The van der Waals surface area contributed by atoms with Gasteiger partial charge in [-0.1, -0.05) is 31.6 Å². The van der Waals surface area contributed by atoms with E-state index in [0.717, 1.165) is 12.8 Å². The van der Waals surface area contributed by atoms with Gasteiger partial charge in [0.25, 0.3) is 0 Å². The lowest BCUT2D eigenvalue weighted by Gasteiger charge is -2.63. The van der Waals surface area contributed by atoms with Gasteiger partial charge in [-0.2, -0.15) is 0 Å². The molecule has 0 spiro atoms. The van der Waals surface area contributed by atoms with Crippen molar-refractivity contribution in [3.63, 3.8) is 0 Å². The molecule has 0 aromatic carbocycles. The molecule has 4 aliphatic carbocycles. The number of ether oxygens (including phenoxy) is 13. The van der Waals surface area contributed by atoms with Gasteiger partial charge in [0.15, 0.2) is 25.2 Å². The average Bonchev–Trinajstić information content (AvgIpc) is 3.80. The van der Waals surface area contributed by atoms with Gasteiger partial charge in [0.1, 0.15) is 54.6 Å². The predicted octanol–water partition coefficient (Wildman–Crippen LogP) is 4.84. The van der Waals surface area contributed by atoms with Crippen LogP contribution in [0.2, 0.25) is 0 Å². The lowest BCUT2D eigenvalue weighted by atomic mass is 9.45. The Kier molecular flexibility index (Phi) is 17.1. The van der Waals surface area contributed by atoms with Gasteiger partial charge in [-0.25, -0.2) is 4.79 Å². The molecule has 0 amide bonds. The van der Waals surface area contributed by atoms with E-state index in [2.05, 4.69) is 13.0 Å². The summed E-state index contributed by atoms with van der Waals surface area (Å²) in [5.41, 5.74) is -0.515. The summed E-state index contributed by atoms with van der Waals surface area (Å²) in [5, 5.41) is 34.9. The van der Waals surface area contributed by atoms with Gasteiger partial charge in [0, 0.05) is 58.2 Å². The van der Waals surface area contributed by atoms with Crippen molar-refractivity contribution in [3.8, 4) is 0 Å². The largest absolute Gasteiger partial charge is 0.458 e. The highest BCUT2D eigenvalue weighted by Gasteiger charge is 2.71. The van der Waals surface area contributed by atoms with Gasteiger partial charge in [0.05, 0.1) is 48.3 Å². The third-order valence-electron chi connectivity index (χ3n) is 18.6. The number of Topliss-reactive ketones (excluding diaryl/α,β-unsaturated/α-hetero) is 1. The normalized spacial score (nSPS) is 50.1. The molecule has 0 aromatic heterocycles. The number of fused-ring (bicyclic) bond motifs is 5. The summed E-state index contributed by atoms with van der Waals surface area (Å²) in [6.07, 6.45) is -3.31. The van der Waals surface area contributed by atoms with E-state index in [1.165, 1.54) is 19.8 Å². The monoisotopic (exact) mass is 1010 g/mol. The van der Waals surface area contributed by atoms with Crippen LogP contribution in [0.4, 0.5) is 0 Å². The third kappa shape index (κ3) is 10.0. The minimum atomic E-state index is -1.26. The van der Waals surface area contributed by atoms with Crippen LogP contribution in [-0.2, 0) is 71.2 Å². The molecule has 404 valence electrons. The maximum atomic E-state index is 13.4. The lowest BCUT2D eigenvalue weighted by molar-refractivity contribution is -0.347. The van der Waals surface area contributed by atoms with Crippen molar-refractivity contribution in [2.75, 3.05) is 28.4 Å². The molecule has 4 heterocycles. The number of rotatable bonds is 15. The van der Waals surface area contributed by atoms with E-state index in [4.69, 9.17) is 61.6 Å². The summed E-state index contributed by atoms with van der Waals surface area (Å²) in [4.78, 5) is 26.5. The first-order chi connectivity index (χ1) is 33.7. The quantitative estimate of drug-likeness (QED) is 0.114. The Morgan fingerprint density at radius 3 is 1.93 bits per heavy atom. The zero-order valence-corrected chi connectivity index (χ0v) is 44.2. The molecule has 18 heteroatoms. The Morgan fingerprint density at radius 2 is 1.28 bits per heavy atom. The Hall–Kier alpha value is -1.98. The van der Waals surface area contributed by atoms with E-state index in [0.29, 0.717) is 44.1 Å². The SMILES string of the molecule is C/C=C(\C)C(=O)OC1CC2C(CC=C3CC(O[C@H]4CC(OC)[C@H](OC5OC(C)[C@@H](O[C@@H]6OC(C)[C@@H](O[C@H]7CC(OC)[C@H](O)C(C)O7)C(OC)C6O)C5OC)C(C)O4)CCC32C)C2(O)CCC(C(C)=O)C12C. The number of carbonyl (C=O) groups is 2. The minimum Gasteiger partial charge on any atom is -0.458 e. The molecule has 7 fully saturated rings. The number of ketones is 1. The first-order valence-electron chi connectivity index (χ1n) is 26.1. The summed E-state index contributed by atoms with van der Waals surface area (Å²) in [5.74, 6) is -0.789. The number of aliphatic hydroxyl groups excluding tert-OH is 2. The van der Waals surface area contributed by atoms with Crippen molar-refractivity contribution in [2.24, 2.45) is 28.6 Å². The van der Waals surface area contributed by atoms with Crippen LogP contribution in [0.3, 0.4) is 0 Å². The third-order valence-corrected chi connectivity index (χ3v) is 18.6. The molecule has 3 saturated carbocycles. The highest BCUT2D eigenvalue weighted by atomic mass is 16.8. The molecule has 18 unspecified atom stereocenters. The number of methoxy groups -OCH3 is 4. The van der Waals surface area contributed by atoms with Gasteiger partial charge in [0.2, 0.25) is 0 Å². The van der Waals surface area contributed by atoms with Crippen LogP contribution in [0.1, 0.15) is 120 Å². The summed E-state index contributed by atoms with van der Waals surface area (Å²) in [6, 6.07) is 0. The molecular formula is C53H84O18. The Bertz CT molecular complexity index is 1930. The molecule has 8 rings (SSSR count). The second kappa shape index (κ2) is 21.9. The van der Waals surface area contributed by atoms with E-state index in [-0.39, 0.29) is 35.6 Å². The summed E-state index contributed by atoms with van der Waals surface area (Å²) in [7, 11) is 6.22. The molecule has 18 nitrogen and oxygen atoms in total. The molecule has 71 heavy (non-hydrogen) atoms. The summed E-state index contributed by atoms with van der Waals surface area (Å²) < 4.78 is 81.0. The van der Waals surface area contributed by atoms with Crippen molar-refractivity contribution in [2.45, 2.75) is 242 Å². The smallest absolute Gasteiger partial charge is 0.333 e. The van der Waals surface area contributed by atoms with E-state index < -0.39 is 134 Å². The molecule has 4 aliphatic heterocycles. The highest BCUT2D eigenvalue weighted by Crippen LogP contribution is 2.68. The van der Waals surface area contributed by atoms with Crippen LogP contribution in [0.5, 0.6) is 0 Å². The van der Waals surface area contributed by atoms with Gasteiger partial charge in [-0.15, -0.1) is 0 Å². The topological polar surface area (TPSA) is 215 Å². The maximum absolute atomic E-state index is 13.4. The molecule has 3 N–H and O–H groups in total. The van der Waals surface area contributed by atoms with Gasteiger partial charge in [-0.3, -0.25) is 4.79 Å². The van der Waals surface area contributed by atoms with Crippen molar-refractivity contribution in [1.29, 1.82) is 0 Å². The van der Waals surface area contributed by atoms with Crippen LogP contribution in [-0.4, -0.2) is 178 Å². The van der Waals surface area contributed by atoms with E-state index in [1.807, 2.05) is 34.6 Å². The van der Waals surface area contributed by atoms with Gasteiger partial charge in [-0.05, 0) is 111 Å². The van der Waals surface area contributed by atoms with Crippen LogP contribution < -0.4 is 0 Å². The van der Waals surface area contributed by atoms with Crippen LogP contribution in [0.25, 0.3) is 0 Å². The molecule has 4 saturated heterocycles. The second-order valence-electron chi connectivity index (χ2n) is 22.3. The zero-order valence-electron chi connectivity index (χ0n) is 44.2. The summed E-state index contributed by atoms with van der Waals surface area (Å²) >= 11 is 0. The average molecular weight is 1010 g/mol. The number of allylic oxidation sites excluding steroid dienone is 2. The van der Waals surface area contributed by atoms with Crippen molar-refractivity contribution >= 4 is 11.8 Å². The number of aliphatic hydroxyl groups is 3. The number of carbonyl (C=O) groups excluding carboxylic acids is 2. The second-order valence-corrected chi connectivity index (χ2v) is 22.3. The number of esters is 1. The van der Waals surface area contributed by atoms with Crippen molar-refractivity contribution in [3.05, 3.63) is 23.3 Å². The molecule has 0 bridgehead atoms. The van der Waals surface area contributed by atoms with Crippen LogP contribution in [0.15, 0.2) is 23.3 Å². The number of hydrogen-bond donors (Lipinski definition) is 3. The summed E-state index contributed by atoms with van der Waals surface area (Å²) in [6.45, 7) is 16.8. The fraction of sp³-hybridized carbons (Fsp3) is 0.887. The zero-order chi connectivity index (χ0) is 51.5. The standard InChI is InChI=1S/C53H84O18/c1-14-25(2)48(57)68-38-22-35-34(53(58)20-18-33(26(3)54)52(38,53)9)16-15-31-21-32(17-19-51(31,35)8)67-39-24-37(60-11)43(28(5)64-39)70-50-47(62-13)45(30(7)66-50)71-49-42(56)46(61-12)44(29(6)65-49)69-40-23-36(59-10)41(55)27(4)63-40/h14-15,27-30,32-47,49-50,55-56,58H,16-24H2,1-13H3/b25-14+/t27?,28?,29?,30?,32?,33?,34?,35?,36?,37?,38?,39-,40-,41+,42?,43+,44+,45+,46?,47?,49-,50?,51?,52?,53?/m0/s1. The van der Waals surface area contributed by atoms with Crippen LogP contribution >= 0.6 is 0 Å². The molecular weight excluding hydrogens is 925 g/mol. The van der Waals surface area contributed by atoms with Gasteiger partial charge < -0.3 is 76.9 Å². The van der Waals surface area contributed by atoms with Crippen molar-refractivity contribution in [1.82, 2.24) is 0 Å². The Balaban J connectivity index is 0.882. The maximum Gasteiger partial charge on any atom is 0.333 e. The molecule has 25 atom stereocenters. The minimum absolute atomic E-state index is 0.0319. The first kappa shape index (κ1) is 55.3. The number of hydrogen-bond acceptors (Lipinski definition) is 18.